The Bertz CT molecular complexity index is 769. The second-order valence-electron chi connectivity index (χ2n) is 6.11. The topological polar surface area (TPSA) is 64.3 Å². The van der Waals surface area contributed by atoms with Crippen molar-refractivity contribution in [2.24, 2.45) is 0 Å². The van der Waals surface area contributed by atoms with Crippen LogP contribution < -0.4 is 0 Å². The fourth-order valence-corrected chi connectivity index (χ4v) is 3.74. The first-order chi connectivity index (χ1) is 12.4. The summed E-state index contributed by atoms with van der Waals surface area (Å²) < 4.78 is 11.3. The largest absolute Gasteiger partial charge is 0.377 e. The molecule has 1 aliphatic rings. The summed E-state index contributed by atoms with van der Waals surface area (Å²) in [6.07, 6.45) is 4.27. The summed E-state index contributed by atoms with van der Waals surface area (Å²) >= 11 is 1.76. The third-order valence-corrected chi connectivity index (χ3v) is 5.03. The molecular formula is C18H20N4O2S. The van der Waals surface area contributed by atoms with Gasteiger partial charge in [0.15, 0.2) is 0 Å². The summed E-state index contributed by atoms with van der Waals surface area (Å²) in [6, 6.07) is 9.90. The first-order valence-electron chi connectivity index (χ1n) is 8.47. The molecule has 4 heterocycles. The first-order valence-corrected chi connectivity index (χ1v) is 9.35. The molecule has 0 aromatic carbocycles. The van der Waals surface area contributed by atoms with E-state index in [4.69, 9.17) is 9.26 Å². The Morgan fingerprint density at radius 3 is 2.96 bits per heavy atom. The molecule has 7 heteroatoms. The van der Waals surface area contributed by atoms with Crippen molar-refractivity contribution in [3.63, 3.8) is 0 Å². The summed E-state index contributed by atoms with van der Waals surface area (Å²) in [7, 11) is 0. The summed E-state index contributed by atoms with van der Waals surface area (Å²) in [5.41, 5.74) is 0.724. The lowest BCUT2D eigenvalue weighted by molar-refractivity contribution is 0.0644. The second kappa shape index (κ2) is 7.86. The lowest BCUT2D eigenvalue weighted by Gasteiger charge is -2.23. The molecule has 6 nitrogen and oxygen atoms in total. The van der Waals surface area contributed by atoms with Gasteiger partial charge in [0.2, 0.25) is 11.7 Å². The van der Waals surface area contributed by atoms with Crippen molar-refractivity contribution >= 4 is 11.3 Å². The molecular weight excluding hydrogens is 336 g/mol. The van der Waals surface area contributed by atoms with Gasteiger partial charge in [0, 0.05) is 30.8 Å². The highest BCUT2D eigenvalue weighted by molar-refractivity contribution is 7.09. The number of rotatable bonds is 7. The van der Waals surface area contributed by atoms with E-state index in [0.29, 0.717) is 18.3 Å². The van der Waals surface area contributed by atoms with Gasteiger partial charge in [0.25, 0.3) is 0 Å². The van der Waals surface area contributed by atoms with E-state index >= 15 is 0 Å². The van der Waals surface area contributed by atoms with Crippen LogP contribution in [0.3, 0.4) is 0 Å². The van der Waals surface area contributed by atoms with Gasteiger partial charge in [0.05, 0.1) is 12.6 Å². The molecule has 0 spiro atoms. The van der Waals surface area contributed by atoms with Crippen molar-refractivity contribution in [1.82, 2.24) is 20.0 Å². The average Bonchev–Trinajstić information content (AvgIpc) is 3.38. The van der Waals surface area contributed by atoms with Gasteiger partial charge in [-0.15, -0.1) is 11.3 Å². The van der Waals surface area contributed by atoms with Gasteiger partial charge in [-0.2, -0.15) is 4.98 Å². The fraction of sp³-hybridized carbons (Fsp3) is 0.389. The third-order valence-electron chi connectivity index (χ3n) is 4.17. The van der Waals surface area contributed by atoms with Gasteiger partial charge < -0.3 is 9.26 Å². The Morgan fingerprint density at radius 2 is 2.20 bits per heavy atom. The van der Waals surface area contributed by atoms with E-state index in [1.54, 1.807) is 17.5 Å². The molecule has 0 amide bonds. The van der Waals surface area contributed by atoms with Crippen molar-refractivity contribution in [3.05, 3.63) is 52.7 Å². The maximum absolute atomic E-state index is 5.80. The normalized spacial score (nSPS) is 17.4. The highest BCUT2D eigenvalue weighted by atomic mass is 32.1. The smallest absolute Gasteiger partial charge is 0.241 e. The minimum atomic E-state index is 0.290. The van der Waals surface area contributed by atoms with Crippen LogP contribution in [0.15, 0.2) is 46.4 Å². The average molecular weight is 356 g/mol. The molecule has 0 N–H and O–H groups in total. The minimum absolute atomic E-state index is 0.290. The summed E-state index contributed by atoms with van der Waals surface area (Å²) in [5, 5.41) is 6.17. The van der Waals surface area contributed by atoms with Crippen LogP contribution in [0.25, 0.3) is 11.5 Å². The summed E-state index contributed by atoms with van der Waals surface area (Å²) in [5.74, 6) is 1.14. The van der Waals surface area contributed by atoms with Crippen LogP contribution in [0, 0.1) is 0 Å². The number of thiophene rings is 1. The van der Waals surface area contributed by atoms with E-state index in [9.17, 15) is 0 Å². The number of hydrogen-bond acceptors (Lipinski definition) is 7. The van der Waals surface area contributed by atoms with Crippen LogP contribution in [-0.2, 0) is 17.8 Å². The SMILES string of the molecule is c1ccc(-c2noc(CN(Cc3cccs3)C[C@@H]3CCCO3)n2)nc1. The number of pyridine rings is 1. The van der Waals surface area contributed by atoms with Crippen LogP contribution in [0.4, 0.5) is 0 Å². The standard InChI is InChI=1S/C18H20N4O2S/c1-2-8-19-16(7-1)18-20-17(24-21-18)13-22(11-14-5-3-9-23-14)12-15-6-4-10-25-15/h1-2,4,6-8,10,14H,3,5,9,11-13H2/t14-/m0/s1. The van der Waals surface area contributed by atoms with Crippen LogP contribution in [0.5, 0.6) is 0 Å². The van der Waals surface area contributed by atoms with Gasteiger partial charge in [0.1, 0.15) is 5.69 Å². The molecule has 0 unspecified atom stereocenters. The highest BCUT2D eigenvalue weighted by Crippen LogP contribution is 2.19. The Morgan fingerprint density at radius 1 is 1.20 bits per heavy atom. The second-order valence-corrected chi connectivity index (χ2v) is 7.14. The zero-order chi connectivity index (χ0) is 16.9. The number of nitrogens with zero attached hydrogens (tertiary/aromatic N) is 4. The third kappa shape index (κ3) is 4.31. The number of hydrogen-bond donors (Lipinski definition) is 0. The Hall–Kier alpha value is -2.09. The maximum atomic E-state index is 5.80. The molecule has 1 saturated heterocycles. The fourth-order valence-electron chi connectivity index (χ4n) is 2.99. The maximum Gasteiger partial charge on any atom is 0.241 e. The zero-order valence-corrected chi connectivity index (χ0v) is 14.7. The predicted octanol–water partition coefficient (Wildman–Crippen LogP) is 3.37. The van der Waals surface area contributed by atoms with Gasteiger partial charge in [-0.25, -0.2) is 0 Å². The van der Waals surface area contributed by atoms with Crippen LogP contribution in [-0.4, -0.2) is 39.3 Å². The lowest BCUT2D eigenvalue weighted by Crippen LogP contribution is -2.31. The molecule has 0 saturated carbocycles. The Labute approximate surface area is 150 Å². The van der Waals surface area contributed by atoms with E-state index in [1.807, 2.05) is 18.2 Å². The van der Waals surface area contributed by atoms with E-state index in [2.05, 4.69) is 37.5 Å². The molecule has 130 valence electrons. The van der Waals surface area contributed by atoms with Crippen molar-refractivity contribution in [1.29, 1.82) is 0 Å². The van der Waals surface area contributed by atoms with Crippen molar-refractivity contribution < 1.29 is 9.26 Å². The van der Waals surface area contributed by atoms with E-state index in [0.717, 1.165) is 38.2 Å². The Balaban J connectivity index is 1.46. The van der Waals surface area contributed by atoms with Gasteiger partial charge in [-0.1, -0.05) is 17.3 Å². The van der Waals surface area contributed by atoms with Gasteiger partial charge in [-0.3, -0.25) is 9.88 Å². The molecule has 0 aliphatic carbocycles. The van der Waals surface area contributed by atoms with E-state index in [1.165, 1.54) is 4.88 Å². The van der Waals surface area contributed by atoms with Crippen LogP contribution in [0.2, 0.25) is 0 Å². The molecule has 3 aromatic heterocycles. The highest BCUT2D eigenvalue weighted by Gasteiger charge is 2.21. The van der Waals surface area contributed by atoms with Gasteiger partial charge >= 0.3 is 0 Å². The monoisotopic (exact) mass is 356 g/mol. The number of ether oxygens (including phenoxy) is 1. The van der Waals surface area contributed by atoms with Gasteiger partial charge in [-0.05, 0) is 36.4 Å². The molecule has 25 heavy (non-hydrogen) atoms. The molecule has 0 bridgehead atoms. The van der Waals surface area contributed by atoms with E-state index < -0.39 is 0 Å². The van der Waals surface area contributed by atoms with Crippen LogP contribution in [0.1, 0.15) is 23.6 Å². The summed E-state index contributed by atoms with van der Waals surface area (Å²) in [6.45, 7) is 3.21. The first kappa shape index (κ1) is 16.4. The minimum Gasteiger partial charge on any atom is -0.377 e. The molecule has 1 fully saturated rings. The van der Waals surface area contributed by atoms with Crippen molar-refractivity contribution in [2.45, 2.75) is 32.0 Å². The molecule has 4 rings (SSSR count). The van der Waals surface area contributed by atoms with Crippen molar-refractivity contribution in [3.8, 4) is 11.5 Å². The van der Waals surface area contributed by atoms with Crippen LogP contribution >= 0.6 is 11.3 Å². The van der Waals surface area contributed by atoms with Crippen molar-refractivity contribution in [2.75, 3.05) is 13.2 Å². The Kier molecular flexibility index (Phi) is 5.15. The zero-order valence-electron chi connectivity index (χ0n) is 13.9. The van der Waals surface area contributed by atoms with E-state index in [-0.39, 0.29) is 6.10 Å². The molecule has 0 radical (unpaired) electrons. The molecule has 1 aliphatic heterocycles. The quantitative estimate of drug-likeness (QED) is 0.647. The molecule has 3 aromatic rings. The molecule has 1 atom stereocenters. The summed E-state index contributed by atoms with van der Waals surface area (Å²) in [4.78, 5) is 12.4. The lowest BCUT2D eigenvalue weighted by atomic mass is 10.2. The predicted molar refractivity (Wildman–Crippen MR) is 94.9 cm³/mol. The number of aromatic nitrogens is 3.